The Morgan fingerprint density at radius 3 is 3.06 bits per heavy atom. The molecule has 1 aliphatic rings. The Bertz CT molecular complexity index is 333. The first kappa shape index (κ1) is 12.0. The van der Waals surface area contributed by atoms with Gasteiger partial charge in [-0.25, -0.2) is 9.97 Å². The molecule has 0 aliphatic carbocycles. The molecule has 0 saturated carbocycles. The molecule has 0 spiro atoms. The molecule has 0 bridgehead atoms. The van der Waals surface area contributed by atoms with Crippen LogP contribution in [0.2, 0.25) is 5.28 Å². The van der Waals surface area contributed by atoms with E-state index in [0.29, 0.717) is 10.5 Å². The minimum atomic E-state index is 0.318. The molecule has 1 aromatic heterocycles. The largest absolute Gasteiger partial charge is 0.369 e. The maximum Gasteiger partial charge on any atom is 0.224 e. The van der Waals surface area contributed by atoms with E-state index in [1.54, 1.807) is 0 Å². The van der Waals surface area contributed by atoms with Crippen LogP contribution in [0.4, 0.5) is 5.82 Å². The van der Waals surface area contributed by atoms with E-state index >= 15 is 0 Å². The molecule has 2 heterocycles. The van der Waals surface area contributed by atoms with Crippen molar-refractivity contribution in [1.82, 2.24) is 9.97 Å². The lowest BCUT2D eigenvalue weighted by atomic mass is 10.2. The molecule has 1 unspecified atom stereocenters. The number of nitrogens with zero attached hydrogens (tertiary/aromatic N) is 2. The summed E-state index contributed by atoms with van der Waals surface area (Å²) in [6, 6.07) is 1.93. The Balaban J connectivity index is 1.88. The van der Waals surface area contributed by atoms with Crippen LogP contribution in [0.15, 0.2) is 6.07 Å². The van der Waals surface area contributed by atoms with Crippen LogP contribution in [0.3, 0.4) is 0 Å². The molecule has 1 aromatic rings. The molecule has 1 fully saturated rings. The van der Waals surface area contributed by atoms with Gasteiger partial charge in [0.15, 0.2) is 0 Å². The molecule has 1 aliphatic heterocycles. The van der Waals surface area contributed by atoms with Crippen LogP contribution in [0, 0.1) is 6.92 Å². The minimum absolute atomic E-state index is 0.318. The summed E-state index contributed by atoms with van der Waals surface area (Å²) in [5, 5.41) is 4.37. The molecular weight excluding hydrogens is 242 g/mol. The van der Waals surface area contributed by atoms with Gasteiger partial charge in [0, 0.05) is 23.6 Å². The first-order valence-corrected chi connectivity index (χ1v) is 7.03. The summed E-state index contributed by atoms with van der Waals surface area (Å²) in [6.07, 6.45) is 4.01. The van der Waals surface area contributed by atoms with Crippen molar-refractivity contribution in [3.8, 4) is 0 Å². The summed E-state index contributed by atoms with van der Waals surface area (Å²) in [4.78, 5) is 8.19. The highest BCUT2D eigenvalue weighted by Crippen LogP contribution is 2.25. The van der Waals surface area contributed by atoms with Gasteiger partial charge in [0.2, 0.25) is 5.28 Å². The van der Waals surface area contributed by atoms with Crippen molar-refractivity contribution in [2.24, 2.45) is 0 Å². The predicted octanol–water partition coefficient (Wildman–Crippen LogP) is 3.14. The third-order valence-corrected chi connectivity index (χ3v) is 4.18. The fraction of sp³-hybridized carbons (Fsp3) is 0.636. The zero-order chi connectivity index (χ0) is 11.4. The number of anilines is 1. The van der Waals surface area contributed by atoms with Crippen molar-refractivity contribution in [2.45, 2.75) is 31.4 Å². The van der Waals surface area contributed by atoms with Crippen LogP contribution in [0.5, 0.6) is 0 Å². The summed E-state index contributed by atoms with van der Waals surface area (Å²) >= 11 is 7.86. The van der Waals surface area contributed by atoms with Gasteiger partial charge < -0.3 is 5.32 Å². The smallest absolute Gasteiger partial charge is 0.224 e. The number of thioether (sulfide) groups is 1. The van der Waals surface area contributed by atoms with E-state index in [4.69, 9.17) is 11.6 Å². The highest BCUT2D eigenvalue weighted by atomic mass is 35.5. The van der Waals surface area contributed by atoms with Gasteiger partial charge in [-0.2, -0.15) is 11.8 Å². The second kappa shape index (κ2) is 5.73. The number of nitrogens with one attached hydrogen (secondary N) is 1. The van der Waals surface area contributed by atoms with Gasteiger partial charge in [0.05, 0.1) is 0 Å². The predicted molar refractivity (Wildman–Crippen MR) is 70.4 cm³/mol. The minimum Gasteiger partial charge on any atom is -0.369 e. The summed E-state index contributed by atoms with van der Waals surface area (Å²) in [5.74, 6) is 2.12. The number of hydrogen-bond donors (Lipinski definition) is 1. The highest BCUT2D eigenvalue weighted by Gasteiger charge is 2.13. The van der Waals surface area contributed by atoms with Crippen molar-refractivity contribution < 1.29 is 0 Å². The van der Waals surface area contributed by atoms with Crippen molar-refractivity contribution in [3.63, 3.8) is 0 Å². The Hall–Kier alpha value is -0.480. The Labute approximate surface area is 105 Å². The van der Waals surface area contributed by atoms with Gasteiger partial charge in [-0.3, -0.25) is 0 Å². The number of halogens is 1. The molecule has 88 valence electrons. The molecule has 2 rings (SSSR count). The van der Waals surface area contributed by atoms with E-state index < -0.39 is 0 Å². The normalized spacial score (nSPS) is 20.8. The monoisotopic (exact) mass is 257 g/mol. The Morgan fingerprint density at radius 1 is 1.50 bits per heavy atom. The molecule has 0 amide bonds. The average molecular weight is 258 g/mol. The summed E-state index contributed by atoms with van der Waals surface area (Å²) < 4.78 is 0. The molecule has 1 atom stereocenters. The molecule has 5 heteroatoms. The molecule has 1 N–H and O–H groups in total. The topological polar surface area (TPSA) is 37.8 Å². The number of hydrogen-bond acceptors (Lipinski definition) is 4. The van der Waals surface area contributed by atoms with Crippen LogP contribution in [0.25, 0.3) is 0 Å². The second-order valence-electron chi connectivity index (χ2n) is 4.03. The van der Waals surface area contributed by atoms with E-state index in [2.05, 4.69) is 27.0 Å². The lowest BCUT2D eigenvalue weighted by Gasteiger charge is -2.21. The standard InChI is InChI=1S/C11H16ClN3S/c1-8-6-10(15-11(12)14-8)13-7-9-4-2-3-5-16-9/h6,9H,2-5,7H2,1H3,(H,13,14,15). The second-order valence-corrected chi connectivity index (χ2v) is 5.78. The number of aromatic nitrogens is 2. The molecule has 1 saturated heterocycles. The van der Waals surface area contributed by atoms with E-state index in [-0.39, 0.29) is 0 Å². The van der Waals surface area contributed by atoms with Gasteiger partial charge in [-0.1, -0.05) is 6.42 Å². The van der Waals surface area contributed by atoms with Crippen LogP contribution in [0.1, 0.15) is 25.0 Å². The van der Waals surface area contributed by atoms with Crippen molar-refractivity contribution in [1.29, 1.82) is 0 Å². The number of aryl methyl sites for hydroxylation is 1. The Kier molecular flexibility index (Phi) is 4.29. The zero-order valence-corrected chi connectivity index (χ0v) is 10.9. The summed E-state index contributed by atoms with van der Waals surface area (Å²) in [5.41, 5.74) is 0.902. The zero-order valence-electron chi connectivity index (χ0n) is 9.37. The van der Waals surface area contributed by atoms with Crippen LogP contribution < -0.4 is 5.32 Å². The van der Waals surface area contributed by atoms with E-state index in [0.717, 1.165) is 18.1 Å². The molecule has 3 nitrogen and oxygen atoms in total. The third kappa shape index (κ3) is 3.52. The summed E-state index contributed by atoms with van der Waals surface area (Å²) in [7, 11) is 0. The number of rotatable bonds is 3. The molecule has 0 radical (unpaired) electrons. The van der Waals surface area contributed by atoms with Crippen molar-refractivity contribution >= 4 is 29.2 Å². The lowest BCUT2D eigenvalue weighted by molar-refractivity contribution is 0.677. The van der Waals surface area contributed by atoms with Crippen molar-refractivity contribution in [2.75, 3.05) is 17.6 Å². The molecular formula is C11H16ClN3S. The van der Waals surface area contributed by atoms with Gasteiger partial charge in [0.1, 0.15) is 5.82 Å². The summed E-state index contributed by atoms with van der Waals surface area (Å²) in [6.45, 7) is 2.89. The van der Waals surface area contributed by atoms with Gasteiger partial charge in [-0.15, -0.1) is 0 Å². The fourth-order valence-corrected chi connectivity index (χ4v) is 3.27. The van der Waals surface area contributed by atoms with E-state index in [1.807, 2.05) is 13.0 Å². The maximum absolute atomic E-state index is 5.80. The quantitative estimate of drug-likeness (QED) is 0.845. The first-order chi connectivity index (χ1) is 7.74. The van der Waals surface area contributed by atoms with Crippen LogP contribution >= 0.6 is 23.4 Å². The average Bonchev–Trinajstić information content (AvgIpc) is 2.27. The first-order valence-electron chi connectivity index (χ1n) is 5.61. The maximum atomic E-state index is 5.80. The lowest BCUT2D eigenvalue weighted by Crippen LogP contribution is -2.20. The van der Waals surface area contributed by atoms with Crippen LogP contribution in [-0.4, -0.2) is 27.5 Å². The Morgan fingerprint density at radius 2 is 2.38 bits per heavy atom. The van der Waals surface area contributed by atoms with Crippen LogP contribution in [-0.2, 0) is 0 Å². The van der Waals surface area contributed by atoms with Gasteiger partial charge in [0.25, 0.3) is 0 Å². The van der Waals surface area contributed by atoms with E-state index in [1.165, 1.54) is 25.0 Å². The van der Waals surface area contributed by atoms with E-state index in [9.17, 15) is 0 Å². The third-order valence-electron chi connectivity index (χ3n) is 2.61. The molecule has 16 heavy (non-hydrogen) atoms. The van der Waals surface area contributed by atoms with Gasteiger partial charge in [-0.05, 0) is 37.1 Å². The fourth-order valence-electron chi connectivity index (χ4n) is 1.81. The SMILES string of the molecule is Cc1cc(NCC2CCCCS2)nc(Cl)n1. The molecule has 0 aromatic carbocycles. The van der Waals surface area contributed by atoms with Crippen molar-refractivity contribution in [3.05, 3.63) is 17.0 Å². The highest BCUT2D eigenvalue weighted by molar-refractivity contribution is 7.99. The van der Waals surface area contributed by atoms with Gasteiger partial charge >= 0.3 is 0 Å².